The van der Waals surface area contributed by atoms with E-state index in [4.69, 9.17) is 4.74 Å². The summed E-state index contributed by atoms with van der Waals surface area (Å²) in [5, 5.41) is 7.74. The Morgan fingerprint density at radius 3 is 2.67 bits per heavy atom. The zero-order valence-corrected chi connectivity index (χ0v) is 15.0. The van der Waals surface area contributed by atoms with Crippen molar-refractivity contribution in [1.29, 1.82) is 0 Å². The third-order valence-corrected chi connectivity index (χ3v) is 5.67. The van der Waals surface area contributed by atoms with Crippen LogP contribution in [0.25, 0.3) is 0 Å². The van der Waals surface area contributed by atoms with Crippen molar-refractivity contribution in [3.8, 4) is 0 Å². The maximum Gasteiger partial charge on any atom is 0.231 e. The number of hydrogen-bond donors (Lipinski definition) is 1. The van der Waals surface area contributed by atoms with Gasteiger partial charge in [0.05, 0.1) is 18.2 Å². The first kappa shape index (κ1) is 17.4. The smallest absolute Gasteiger partial charge is 0.231 e. The molecule has 1 aromatic rings. The molecule has 0 saturated carbocycles. The summed E-state index contributed by atoms with van der Waals surface area (Å²) in [6.45, 7) is 7.05. The van der Waals surface area contributed by atoms with Crippen LogP contribution in [-0.4, -0.2) is 60.5 Å². The minimum atomic E-state index is -0.320. The first-order valence-electron chi connectivity index (χ1n) is 9.20. The monoisotopic (exact) mass is 334 g/mol. The highest BCUT2D eigenvalue weighted by Gasteiger charge is 2.43. The molecule has 1 aromatic heterocycles. The first-order chi connectivity index (χ1) is 11.7. The Hall–Kier alpha value is -1.40. The SMILES string of the molecule is CCn1cc(C2CCN(C(=O)C3(COC)CCNCC3)CC2)cn1. The van der Waals surface area contributed by atoms with E-state index >= 15 is 0 Å². The number of aromatic nitrogens is 2. The Labute approximate surface area is 144 Å². The highest BCUT2D eigenvalue weighted by molar-refractivity contribution is 5.83. The van der Waals surface area contributed by atoms with Gasteiger partial charge in [-0.1, -0.05) is 0 Å². The second-order valence-electron chi connectivity index (χ2n) is 7.16. The second kappa shape index (κ2) is 7.66. The number of likely N-dealkylation sites (tertiary alicyclic amines) is 1. The Morgan fingerprint density at radius 1 is 1.38 bits per heavy atom. The summed E-state index contributed by atoms with van der Waals surface area (Å²) in [5.74, 6) is 0.828. The van der Waals surface area contributed by atoms with Crippen molar-refractivity contribution in [3.05, 3.63) is 18.0 Å². The molecule has 0 atom stereocenters. The van der Waals surface area contributed by atoms with Gasteiger partial charge in [-0.2, -0.15) is 5.10 Å². The van der Waals surface area contributed by atoms with Crippen LogP contribution in [-0.2, 0) is 16.1 Å². The van der Waals surface area contributed by atoms with Crippen LogP contribution in [0.5, 0.6) is 0 Å². The molecule has 3 heterocycles. The minimum Gasteiger partial charge on any atom is -0.384 e. The summed E-state index contributed by atoms with van der Waals surface area (Å²) < 4.78 is 7.40. The zero-order chi connectivity index (χ0) is 17.0. The van der Waals surface area contributed by atoms with Gasteiger partial charge in [0.1, 0.15) is 0 Å². The van der Waals surface area contributed by atoms with E-state index in [1.807, 2.05) is 10.9 Å². The lowest BCUT2D eigenvalue weighted by Gasteiger charge is -2.42. The minimum absolute atomic E-state index is 0.300. The summed E-state index contributed by atoms with van der Waals surface area (Å²) >= 11 is 0. The molecule has 2 aliphatic rings. The molecular formula is C18H30N4O2. The molecule has 0 spiro atoms. The van der Waals surface area contributed by atoms with Gasteiger partial charge in [-0.15, -0.1) is 0 Å². The average Bonchev–Trinajstić information content (AvgIpc) is 3.11. The average molecular weight is 334 g/mol. The number of rotatable bonds is 5. The highest BCUT2D eigenvalue weighted by Crippen LogP contribution is 2.35. The van der Waals surface area contributed by atoms with E-state index in [1.54, 1.807) is 7.11 Å². The van der Waals surface area contributed by atoms with E-state index in [9.17, 15) is 4.79 Å². The summed E-state index contributed by atoms with van der Waals surface area (Å²) in [7, 11) is 1.70. The molecule has 6 nitrogen and oxygen atoms in total. The van der Waals surface area contributed by atoms with Crippen LogP contribution < -0.4 is 5.32 Å². The third-order valence-electron chi connectivity index (χ3n) is 5.67. The fraction of sp³-hybridized carbons (Fsp3) is 0.778. The van der Waals surface area contributed by atoms with Crippen LogP contribution in [0.15, 0.2) is 12.4 Å². The molecule has 3 rings (SSSR count). The fourth-order valence-electron chi connectivity index (χ4n) is 4.12. The second-order valence-corrected chi connectivity index (χ2v) is 7.16. The molecule has 24 heavy (non-hydrogen) atoms. The lowest BCUT2D eigenvalue weighted by molar-refractivity contribution is -0.148. The molecule has 1 amide bonds. The van der Waals surface area contributed by atoms with Crippen molar-refractivity contribution < 1.29 is 9.53 Å². The highest BCUT2D eigenvalue weighted by atomic mass is 16.5. The largest absolute Gasteiger partial charge is 0.384 e. The summed E-state index contributed by atoms with van der Waals surface area (Å²) in [4.78, 5) is 15.2. The van der Waals surface area contributed by atoms with Crippen molar-refractivity contribution >= 4 is 5.91 Å². The fourth-order valence-corrected chi connectivity index (χ4v) is 4.12. The molecule has 0 radical (unpaired) electrons. The predicted molar refractivity (Wildman–Crippen MR) is 92.9 cm³/mol. The normalized spacial score (nSPS) is 21.8. The van der Waals surface area contributed by atoms with Gasteiger partial charge >= 0.3 is 0 Å². The van der Waals surface area contributed by atoms with Gasteiger partial charge in [-0.05, 0) is 57.2 Å². The van der Waals surface area contributed by atoms with E-state index in [2.05, 4.69) is 28.4 Å². The number of carbonyl (C=O) groups excluding carboxylic acids is 1. The van der Waals surface area contributed by atoms with Crippen molar-refractivity contribution in [2.24, 2.45) is 5.41 Å². The number of nitrogens with one attached hydrogen (secondary N) is 1. The third kappa shape index (κ3) is 3.49. The van der Waals surface area contributed by atoms with Crippen molar-refractivity contribution in [1.82, 2.24) is 20.0 Å². The van der Waals surface area contributed by atoms with Gasteiger partial charge < -0.3 is 15.0 Å². The van der Waals surface area contributed by atoms with Crippen molar-refractivity contribution in [2.75, 3.05) is 39.9 Å². The predicted octanol–water partition coefficient (Wildman–Crippen LogP) is 1.63. The Balaban J connectivity index is 1.61. The number of amides is 1. The summed E-state index contributed by atoms with van der Waals surface area (Å²) in [6.07, 6.45) is 7.96. The van der Waals surface area contributed by atoms with Crippen LogP contribution in [0.3, 0.4) is 0 Å². The first-order valence-corrected chi connectivity index (χ1v) is 9.20. The molecule has 2 aliphatic heterocycles. The van der Waals surface area contributed by atoms with Gasteiger partial charge in [-0.25, -0.2) is 0 Å². The molecular weight excluding hydrogens is 304 g/mol. The lowest BCUT2D eigenvalue weighted by Crippen LogP contribution is -2.53. The Bertz CT molecular complexity index is 537. The molecule has 2 saturated heterocycles. The Kier molecular flexibility index (Phi) is 5.56. The van der Waals surface area contributed by atoms with Gasteiger partial charge in [0.25, 0.3) is 0 Å². The topological polar surface area (TPSA) is 59.4 Å². The molecule has 0 unspecified atom stereocenters. The number of nitrogens with zero attached hydrogens (tertiary/aromatic N) is 3. The Morgan fingerprint density at radius 2 is 2.08 bits per heavy atom. The quantitative estimate of drug-likeness (QED) is 0.889. The van der Waals surface area contributed by atoms with Crippen LogP contribution >= 0.6 is 0 Å². The molecule has 0 aromatic carbocycles. The lowest BCUT2D eigenvalue weighted by atomic mass is 9.77. The molecule has 2 fully saturated rings. The number of carbonyl (C=O) groups is 1. The van der Waals surface area contributed by atoms with E-state index in [0.717, 1.165) is 58.4 Å². The van der Waals surface area contributed by atoms with Crippen LogP contribution in [0.1, 0.15) is 44.1 Å². The number of hydrogen-bond acceptors (Lipinski definition) is 4. The van der Waals surface area contributed by atoms with Gasteiger partial charge in [0.15, 0.2) is 0 Å². The van der Waals surface area contributed by atoms with Crippen LogP contribution in [0, 0.1) is 5.41 Å². The van der Waals surface area contributed by atoms with E-state index in [-0.39, 0.29) is 5.41 Å². The van der Waals surface area contributed by atoms with E-state index < -0.39 is 0 Å². The number of methoxy groups -OCH3 is 1. The maximum atomic E-state index is 13.2. The number of piperidine rings is 2. The number of ether oxygens (including phenoxy) is 1. The van der Waals surface area contributed by atoms with E-state index in [0.29, 0.717) is 18.4 Å². The van der Waals surface area contributed by atoms with E-state index in [1.165, 1.54) is 5.56 Å². The van der Waals surface area contributed by atoms with Gasteiger partial charge in [0, 0.05) is 32.9 Å². The zero-order valence-electron chi connectivity index (χ0n) is 15.0. The van der Waals surface area contributed by atoms with Gasteiger partial charge in [0.2, 0.25) is 5.91 Å². The van der Waals surface area contributed by atoms with Crippen LogP contribution in [0.4, 0.5) is 0 Å². The standard InChI is InChI=1S/C18H30N4O2/c1-3-22-13-16(12-20-22)15-4-10-21(11-5-15)17(23)18(14-24-2)6-8-19-9-7-18/h12-13,15,19H,3-11,14H2,1-2H3. The molecule has 0 bridgehead atoms. The molecule has 1 N–H and O–H groups in total. The summed E-state index contributed by atoms with van der Waals surface area (Å²) in [6, 6.07) is 0. The summed E-state index contributed by atoms with van der Waals surface area (Å²) in [5.41, 5.74) is 0.998. The molecule has 6 heteroatoms. The van der Waals surface area contributed by atoms with Gasteiger partial charge in [-0.3, -0.25) is 9.48 Å². The number of aryl methyl sites for hydroxylation is 1. The molecule has 0 aliphatic carbocycles. The van der Waals surface area contributed by atoms with Crippen molar-refractivity contribution in [2.45, 2.75) is 45.1 Å². The molecule has 134 valence electrons. The maximum absolute atomic E-state index is 13.2. The van der Waals surface area contributed by atoms with Crippen molar-refractivity contribution in [3.63, 3.8) is 0 Å². The van der Waals surface area contributed by atoms with Crippen LogP contribution in [0.2, 0.25) is 0 Å².